The summed E-state index contributed by atoms with van der Waals surface area (Å²) < 4.78 is 11.9. The molecule has 0 N–H and O–H groups in total. The summed E-state index contributed by atoms with van der Waals surface area (Å²) in [6.45, 7) is 6.88. The maximum Gasteiger partial charge on any atom is 0.209 e. The highest BCUT2D eigenvalue weighted by Crippen LogP contribution is 2.63. The fourth-order valence-corrected chi connectivity index (χ4v) is 5.35. The van der Waals surface area contributed by atoms with Gasteiger partial charge in [-0.05, 0) is 37.5 Å². The summed E-state index contributed by atoms with van der Waals surface area (Å²) in [5, 5.41) is 8.94. The summed E-state index contributed by atoms with van der Waals surface area (Å²) in [7, 11) is 0. The van der Waals surface area contributed by atoms with Crippen molar-refractivity contribution in [3.05, 3.63) is 0 Å². The maximum atomic E-state index is 9.58. The van der Waals surface area contributed by atoms with Crippen molar-refractivity contribution in [2.75, 3.05) is 13.2 Å². The van der Waals surface area contributed by atoms with Crippen molar-refractivity contribution in [3.8, 4) is 6.07 Å². The van der Waals surface area contributed by atoms with Crippen LogP contribution in [0.4, 0.5) is 0 Å². The zero-order valence-corrected chi connectivity index (χ0v) is 14.5. The van der Waals surface area contributed by atoms with Gasteiger partial charge in [0.05, 0.1) is 19.3 Å². The zero-order chi connectivity index (χ0) is 14.8. The van der Waals surface area contributed by atoms with Gasteiger partial charge in [0.15, 0.2) is 0 Å². The van der Waals surface area contributed by atoms with Crippen molar-refractivity contribution in [2.45, 2.75) is 71.4 Å². The monoisotopic (exact) mass is 305 g/mol. The highest BCUT2D eigenvalue weighted by atomic mass is 32.5. The van der Waals surface area contributed by atoms with Gasteiger partial charge in [0.1, 0.15) is 5.16 Å². The molecule has 0 fully saturated rings. The predicted molar refractivity (Wildman–Crippen MR) is 84.9 cm³/mol. The van der Waals surface area contributed by atoms with E-state index >= 15 is 0 Å². The van der Waals surface area contributed by atoms with Crippen LogP contribution >= 0.6 is 6.49 Å². The van der Waals surface area contributed by atoms with E-state index in [9.17, 15) is 5.26 Å². The third-order valence-electron chi connectivity index (χ3n) is 3.42. The van der Waals surface area contributed by atoms with Gasteiger partial charge in [0.25, 0.3) is 0 Å². The van der Waals surface area contributed by atoms with Gasteiger partial charge >= 0.3 is 0 Å². The molecule has 0 rings (SSSR count). The Hall–Kier alpha value is 0.0600. The minimum atomic E-state index is -2.55. The molecule has 0 radical (unpaired) electrons. The fraction of sp³-hybridized carbons (Fsp3) is 0.929. The molecule has 19 heavy (non-hydrogen) atoms. The molecule has 0 unspecified atom stereocenters. The number of hydrogen-bond acceptors (Lipinski definition) is 4. The maximum absolute atomic E-state index is 9.58. The van der Waals surface area contributed by atoms with Gasteiger partial charge in [-0.2, -0.15) is 5.26 Å². The van der Waals surface area contributed by atoms with E-state index < -0.39 is 11.6 Å². The Balaban J connectivity index is 5.01. The Morgan fingerprint density at radius 3 is 1.68 bits per heavy atom. The third-order valence-corrected chi connectivity index (χ3v) is 7.93. The van der Waals surface area contributed by atoms with E-state index in [2.05, 4.69) is 19.9 Å². The Morgan fingerprint density at radius 1 is 1.00 bits per heavy atom. The van der Waals surface area contributed by atoms with Gasteiger partial charge in [0.2, 0.25) is 6.49 Å². The lowest BCUT2D eigenvalue weighted by molar-refractivity contribution is 0.225. The number of hydrogen-bond donors (Lipinski definition) is 0. The molecule has 0 aromatic rings. The van der Waals surface area contributed by atoms with E-state index in [1.54, 1.807) is 0 Å². The molecule has 0 amide bonds. The Morgan fingerprint density at radius 2 is 1.42 bits per heavy atom. The van der Waals surface area contributed by atoms with Gasteiger partial charge in [-0.15, -0.1) is 0 Å². The SMILES string of the molecule is CCCCOP(=S)(OCCCC)C(C#N)(CC)CC. The largest absolute Gasteiger partial charge is 0.328 e. The molecule has 0 heterocycles. The van der Waals surface area contributed by atoms with Crippen molar-refractivity contribution in [3.63, 3.8) is 0 Å². The molecule has 0 spiro atoms. The normalized spacial score (nSPS) is 12.4. The molecule has 0 atom stereocenters. The first-order valence-corrected chi connectivity index (χ1v) is 10.00. The molecule has 0 aromatic carbocycles. The van der Waals surface area contributed by atoms with Crippen LogP contribution in [-0.2, 0) is 20.9 Å². The van der Waals surface area contributed by atoms with Crippen LogP contribution in [0.25, 0.3) is 0 Å². The molecule has 0 aliphatic heterocycles. The zero-order valence-electron chi connectivity index (χ0n) is 12.8. The Bertz CT molecular complexity index is 310. The van der Waals surface area contributed by atoms with Gasteiger partial charge in [0, 0.05) is 0 Å². The highest BCUT2D eigenvalue weighted by Gasteiger charge is 2.44. The minimum Gasteiger partial charge on any atom is -0.328 e. The lowest BCUT2D eigenvalue weighted by Crippen LogP contribution is -2.28. The smallest absolute Gasteiger partial charge is 0.209 e. The number of unbranched alkanes of at least 4 members (excludes halogenated alkanes) is 2. The topological polar surface area (TPSA) is 42.2 Å². The van der Waals surface area contributed by atoms with Gasteiger partial charge in [-0.1, -0.05) is 40.5 Å². The number of nitrogens with zero attached hydrogens (tertiary/aromatic N) is 1. The standard InChI is InChI=1S/C14H28NO2PS/c1-5-9-11-16-18(19,17-12-10-6-2)14(7-3,8-4)13-15/h5-12H2,1-4H3. The van der Waals surface area contributed by atoms with E-state index in [-0.39, 0.29) is 0 Å². The average Bonchev–Trinajstić information content (AvgIpc) is 2.42. The van der Waals surface area contributed by atoms with Crippen LogP contribution in [0.1, 0.15) is 66.2 Å². The van der Waals surface area contributed by atoms with Gasteiger partial charge in [-0.3, -0.25) is 0 Å². The van der Waals surface area contributed by atoms with Crippen LogP contribution in [0.15, 0.2) is 0 Å². The lowest BCUT2D eigenvalue weighted by atomic mass is 10.1. The molecule has 3 nitrogen and oxygen atoms in total. The molecular weight excluding hydrogens is 277 g/mol. The van der Waals surface area contributed by atoms with Crippen molar-refractivity contribution in [1.82, 2.24) is 0 Å². The second kappa shape index (κ2) is 9.88. The van der Waals surface area contributed by atoms with Crippen LogP contribution in [-0.4, -0.2) is 18.4 Å². The minimum absolute atomic E-state index is 0.601. The van der Waals surface area contributed by atoms with Crippen LogP contribution in [0.5, 0.6) is 0 Å². The fourth-order valence-electron chi connectivity index (χ4n) is 1.80. The van der Waals surface area contributed by atoms with Crippen LogP contribution in [0.3, 0.4) is 0 Å². The lowest BCUT2D eigenvalue weighted by Gasteiger charge is -2.36. The second-order valence-corrected chi connectivity index (χ2v) is 8.53. The number of nitriles is 1. The first kappa shape index (κ1) is 19.1. The van der Waals surface area contributed by atoms with Crippen molar-refractivity contribution >= 4 is 18.3 Å². The van der Waals surface area contributed by atoms with E-state index in [0.717, 1.165) is 25.7 Å². The molecule has 0 saturated heterocycles. The first-order valence-electron chi connectivity index (χ1n) is 7.36. The summed E-state index contributed by atoms with van der Waals surface area (Å²) in [5.41, 5.74) is 0. The Kier molecular flexibility index (Phi) is 9.92. The molecule has 0 aromatic heterocycles. The molecule has 0 aliphatic carbocycles. The summed E-state index contributed by atoms with van der Waals surface area (Å²) in [6, 6.07) is 2.40. The van der Waals surface area contributed by atoms with E-state index in [1.807, 2.05) is 13.8 Å². The van der Waals surface area contributed by atoms with Crippen molar-refractivity contribution < 1.29 is 9.05 Å². The van der Waals surface area contributed by atoms with Gasteiger partial charge in [-0.25, -0.2) is 0 Å². The summed E-state index contributed by atoms with van der Waals surface area (Å²) in [5.74, 6) is 0. The van der Waals surface area contributed by atoms with Crippen LogP contribution in [0, 0.1) is 11.3 Å². The quantitative estimate of drug-likeness (QED) is 0.397. The Labute approximate surface area is 123 Å². The summed E-state index contributed by atoms with van der Waals surface area (Å²) in [6.07, 6.45) is 5.42. The molecular formula is C14H28NO2PS. The molecule has 0 aliphatic rings. The van der Waals surface area contributed by atoms with Crippen molar-refractivity contribution in [2.24, 2.45) is 0 Å². The average molecular weight is 305 g/mol. The van der Waals surface area contributed by atoms with E-state index in [0.29, 0.717) is 26.1 Å². The van der Waals surface area contributed by atoms with E-state index in [1.165, 1.54) is 0 Å². The van der Waals surface area contributed by atoms with E-state index in [4.69, 9.17) is 20.9 Å². The molecule has 5 heteroatoms. The van der Waals surface area contributed by atoms with Crippen LogP contribution in [0.2, 0.25) is 0 Å². The van der Waals surface area contributed by atoms with Crippen LogP contribution < -0.4 is 0 Å². The highest BCUT2D eigenvalue weighted by molar-refractivity contribution is 8.10. The number of rotatable bonds is 11. The molecule has 112 valence electrons. The van der Waals surface area contributed by atoms with Crippen molar-refractivity contribution in [1.29, 1.82) is 5.26 Å². The second-order valence-electron chi connectivity index (χ2n) is 4.72. The predicted octanol–water partition coefficient (Wildman–Crippen LogP) is 5.01. The molecule has 0 bridgehead atoms. The summed E-state index contributed by atoms with van der Waals surface area (Å²) in [4.78, 5) is 0. The van der Waals surface area contributed by atoms with Gasteiger partial charge < -0.3 is 9.05 Å². The first-order chi connectivity index (χ1) is 9.05. The third kappa shape index (κ3) is 5.16. The summed E-state index contributed by atoms with van der Waals surface area (Å²) >= 11 is 5.70. The molecule has 0 saturated carbocycles.